The summed E-state index contributed by atoms with van der Waals surface area (Å²) in [4.78, 5) is 2.36. The van der Waals surface area contributed by atoms with E-state index in [9.17, 15) is 0 Å². The SMILES string of the molecule is c1ccc(N(c2ccc(-c3cccc4c3-c3ccccc3C4(c3ccccc3)c3ccccc3)cc2)c2cccc(-c3ccc(-c4cc5ccccc5c5ccccc45)cc3)c2)cc1. The first-order valence-electron chi connectivity index (χ1n) is 22.2. The van der Waals surface area contributed by atoms with Crippen molar-refractivity contribution in [3.05, 3.63) is 283 Å². The van der Waals surface area contributed by atoms with Gasteiger partial charge in [0.05, 0.1) is 5.41 Å². The van der Waals surface area contributed by atoms with Crippen molar-refractivity contribution in [1.82, 2.24) is 0 Å². The number of fused-ring (bicyclic) bond motifs is 6. The third-order valence-corrected chi connectivity index (χ3v) is 13.3. The zero-order valence-corrected chi connectivity index (χ0v) is 35.3. The molecule has 0 heterocycles. The molecule has 0 saturated heterocycles. The summed E-state index contributed by atoms with van der Waals surface area (Å²) in [7, 11) is 0. The molecular weight excluding hydrogens is 771 g/mol. The van der Waals surface area contributed by atoms with Crippen LogP contribution in [0.25, 0.3) is 66.1 Å². The number of para-hydroxylation sites is 1. The molecule has 0 unspecified atom stereocenters. The van der Waals surface area contributed by atoms with Crippen LogP contribution >= 0.6 is 0 Å². The molecule has 0 fully saturated rings. The van der Waals surface area contributed by atoms with Crippen LogP contribution in [0, 0.1) is 0 Å². The van der Waals surface area contributed by atoms with Gasteiger partial charge in [0.15, 0.2) is 0 Å². The van der Waals surface area contributed by atoms with Gasteiger partial charge in [-0.15, -0.1) is 0 Å². The third kappa shape index (κ3) is 6.08. The molecule has 11 aromatic rings. The highest BCUT2D eigenvalue weighted by atomic mass is 15.1. The second-order valence-corrected chi connectivity index (χ2v) is 16.8. The Morgan fingerprint density at radius 2 is 0.766 bits per heavy atom. The van der Waals surface area contributed by atoms with E-state index >= 15 is 0 Å². The van der Waals surface area contributed by atoms with Crippen LogP contribution in [0.4, 0.5) is 17.1 Å². The average Bonchev–Trinajstić information content (AvgIpc) is 3.69. The summed E-state index contributed by atoms with van der Waals surface area (Å²) in [5.41, 5.74) is 17.9. The predicted octanol–water partition coefficient (Wildman–Crippen LogP) is 16.8. The summed E-state index contributed by atoms with van der Waals surface area (Å²) in [6.45, 7) is 0. The van der Waals surface area contributed by atoms with Crippen LogP contribution in [0.2, 0.25) is 0 Å². The lowest BCUT2D eigenvalue weighted by Gasteiger charge is -2.34. The predicted molar refractivity (Wildman–Crippen MR) is 270 cm³/mol. The highest BCUT2D eigenvalue weighted by Gasteiger charge is 2.46. The van der Waals surface area contributed by atoms with Gasteiger partial charge >= 0.3 is 0 Å². The van der Waals surface area contributed by atoms with Gasteiger partial charge in [-0.25, -0.2) is 0 Å². The van der Waals surface area contributed by atoms with Crippen LogP contribution in [0.3, 0.4) is 0 Å². The largest absolute Gasteiger partial charge is 0.310 e. The minimum Gasteiger partial charge on any atom is -0.310 e. The highest BCUT2D eigenvalue weighted by Crippen LogP contribution is 2.58. The summed E-state index contributed by atoms with van der Waals surface area (Å²) in [5.74, 6) is 0. The molecular formula is C63H43N. The van der Waals surface area contributed by atoms with Gasteiger partial charge in [0.25, 0.3) is 0 Å². The minimum atomic E-state index is -0.440. The summed E-state index contributed by atoms with van der Waals surface area (Å²) in [6, 6.07) is 95.6. The van der Waals surface area contributed by atoms with Crippen LogP contribution in [0.5, 0.6) is 0 Å². The zero-order chi connectivity index (χ0) is 42.5. The van der Waals surface area contributed by atoms with Gasteiger partial charge in [-0.2, -0.15) is 0 Å². The lowest BCUT2D eigenvalue weighted by Crippen LogP contribution is -2.28. The van der Waals surface area contributed by atoms with E-state index in [-0.39, 0.29) is 0 Å². The number of hydrogen-bond acceptors (Lipinski definition) is 1. The third-order valence-electron chi connectivity index (χ3n) is 13.3. The van der Waals surface area contributed by atoms with Crippen LogP contribution in [-0.2, 0) is 5.41 Å². The lowest BCUT2D eigenvalue weighted by molar-refractivity contribution is 0.768. The summed E-state index contributed by atoms with van der Waals surface area (Å²) in [6.07, 6.45) is 0. The van der Waals surface area contributed by atoms with Gasteiger partial charge in [-0.1, -0.05) is 218 Å². The van der Waals surface area contributed by atoms with Crippen LogP contribution in [-0.4, -0.2) is 0 Å². The maximum Gasteiger partial charge on any atom is 0.0713 e. The summed E-state index contributed by atoms with van der Waals surface area (Å²) < 4.78 is 0. The Morgan fingerprint density at radius 3 is 1.50 bits per heavy atom. The molecule has 0 spiro atoms. The standard InChI is InChI=1S/C63H43N/c1-4-20-49(21-5-1)63(50-22-6-2-7-23-50)60-32-15-14-30-58(60)62-55(31-17-33-61(62)63)45-38-40-52(41-39-45)64(51-24-8-3-9-25-51)53-26-16-19-47(42-53)44-34-36-46(37-35-44)59-43-48-18-10-11-27-54(48)56-28-12-13-29-57(56)59/h1-43H. The van der Waals surface area contributed by atoms with E-state index in [0.29, 0.717) is 0 Å². The zero-order valence-electron chi connectivity index (χ0n) is 35.3. The highest BCUT2D eigenvalue weighted by molar-refractivity contribution is 6.13. The first-order chi connectivity index (χ1) is 31.8. The van der Waals surface area contributed by atoms with Crippen molar-refractivity contribution < 1.29 is 0 Å². The Bertz CT molecular complexity index is 3420. The fraction of sp³-hybridized carbons (Fsp3) is 0.0159. The Labute approximate surface area is 374 Å². The molecule has 0 aliphatic heterocycles. The Balaban J connectivity index is 0.927. The molecule has 1 aliphatic carbocycles. The quantitative estimate of drug-likeness (QED) is 0.138. The van der Waals surface area contributed by atoms with Crippen molar-refractivity contribution in [1.29, 1.82) is 0 Å². The van der Waals surface area contributed by atoms with E-state index in [1.54, 1.807) is 0 Å². The second kappa shape index (κ2) is 15.6. The van der Waals surface area contributed by atoms with Crippen LogP contribution in [0.15, 0.2) is 261 Å². The fourth-order valence-electron chi connectivity index (χ4n) is 10.5. The maximum absolute atomic E-state index is 2.36. The number of nitrogens with zero attached hydrogens (tertiary/aromatic N) is 1. The molecule has 0 bridgehead atoms. The molecule has 0 aromatic heterocycles. The molecule has 12 rings (SSSR count). The number of rotatable bonds is 8. The lowest BCUT2D eigenvalue weighted by atomic mass is 9.67. The monoisotopic (exact) mass is 813 g/mol. The molecule has 11 aromatic carbocycles. The van der Waals surface area contributed by atoms with Crippen molar-refractivity contribution >= 4 is 38.6 Å². The van der Waals surface area contributed by atoms with Gasteiger partial charge in [0.1, 0.15) is 0 Å². The van der Waals surface area contributed by atoms with Crippen molar-refractivity contribution in [3.8, 4) is 44.5 Å². The van der Waals surface area contributed by atoms with E-state index in [2.05, 4.69) is 266 Å². The molecule has 0 saturated carbocycles. The van der Waals surface area contributed by atoms with E-state index in [4.69, 9.17) is 0 Å². The van der Waals surface area contributed by atoms with Gasteiger partial charge in [0, 0.05) is 17.1 Å². The van der Waals surface area contributed by atoms with Gasteiger partial charge in [0.2, 0.25) is 0 Å². The summed E-state index contributed by atoms with van der Waals surface area (Å²) in [5, 5.41) is 5.10. The number of anilines is 3. The van der Waals surface area contributed by atoms with Crippen molar-refractivity contribution in [2.75, 3.05) is 4.90 Å². The first kappa shape index (κ1) is 37.5. The molecule has 1 nitrogen and oxygen atoms in total. The molecule has 1 aliphatic rings. The maximum atomic E-state index is 2.36. The molecule has 0 atom stereocenters. The van der Waals surface area contributed by atoms with Crippen LogP contribution < -0.4 is 4.90 Å². The van der Waals surface area contributed by atoms with E-state index in [1.165, 1.54) is 88.3 Å². The second-order valence-electron chi connectivity index (χ2n) is 16.8. The van der Waals surface area contributed by atoms with Crippen molar-refractivity contribution in [2.24, 2.45) is 0 Å². The summed E-state index contributed by atoms with van der Waals surface area (Å²) >= 11 is 0. The van der Waals surface area contributed by atoms with Gasteiger partial charge in [-0.3, -0.25) is 0 Å². The van der Waals surface area contributed by atoms with Crippen molar-refractivity contribution in [3.63, 3.8) is 0 Å². The smallest absolute Gasteiger partial charge is 0.0713 e. The number of hydrogen-bond donors (Lipinski definition) is 0. The first-order valence-corrected chi connectivity index (χ1v) is 22.2. The van der Waals surface area contributed by atoms with Crippen LogP contribution in [0.1, 0.15) is 22.3 Å². The molecule has 0 radical (unpaired) electrons. The van der Waals surface area contributed by atoms with Gasteiger partial charge in [-0.05, 0) is 131 Å². The van der Waals surface area contributed by atoms with E-state index in [1.807, 2.05) is 0 Å². The molecule has 0 N–H and O–H groups in total. The van der Waals surface area contributed by atoms with E-state index < -0.39 is 5.41 Å². The molecule has 64 heavy (non-hydrogen) atoms. The average molecular weight is 814 g/mol. The van der Waals surface area contributed by atoms with Gasteiger partial charge < -0.3 is 4.90 Å². The number of benzene rings is 11. The Kier molecular flexibility index (Phi) is 9.13. The fourth-order valence-corrected chi connectivity index (χ4v) is 10.5. The molecule has 0 amide bonds. The normalized spacial score (nSPS) is 12.5. The van der Waals surface area contributed by atoms with E-state index in [0.717, 1.165) is 17.1 Å². The molecule has 1 heteroatoms. The topological polar surface area (TPSA) is 3.24 Å². The Morgan fingerprint density at radius 1 is 0.266 bits per heavy atom. The Hall–Kier alpha value is -8.26. The minimum absolute atomic E-state index is 0.440. The molecule has 300 valence electrons. The van der Waals surface area contributed by atoms with Crippen molar-refractivity contribution in [2.45, 2.75) is 5.41 Å².